The van der Waals surface area contributed by atoms with Crippen LogP contribution in [0.3, 0.4) is 0 Å². The number of nitrogens with two attached hydrogens (primary N) is 1. The largest absolute Gasteiger partial charge is 0.486 e. The molecule has 3 N–H and O–H groups in total. The minimum Gasteiger partial charge on any atom is -0.486 e. The van der Waals surface area contributed by atoms with Gasteiger partial charge in [-0.25, -0.2) is 0 Å². The van der Waals surface area contributed by atoms with Gasteiger partial charge in [-0.1, -0.05) is 11.6 Å². The molecule has 118 valence electrons. The molecule has 0 fully saturated rings. The summed E-state index contributed by atoms with van der Waals surface area (Å²) in [5.41, 5.74) is 6.80. The smallest absolute Gasteiger partial charge is 0.188 e. The molecule has 0 saturated heterocycles. The number of halogens is 2. The van der Waals surface area contributed by atoms with E-state index >= 15 is 0 Å². The molecule has 0 unspecified atom stereocenters. The monoisotopic (exact) mass is 425 g/mol. The third-order valence-corrected chi connectivity index (χ3v) is 3.06. The average Bonchev–Trinajstić information content (AvgIpc) is 2.38. The second-order valence-electron chi connectivity index (χ2n) is 4.92. The Hall–Kier alpha value is -0.890. The number of hydrogen-bond donors (Lipinski definition) is 2. The van der Waals surface area contributed by atoms with E-state index in [1.54, 1.807) is 0 Å². The SMILES string of the molecule is CC(C)NC(N)=NCCc1cc(Cl)c2c(c1)OCCO2.I. The van der Waals surface area contributed by atoms with Gasteiger partial charge in [-0.05, 0) is 38.0 Å². The van der Waals surface area contributed by atoms with Crippen LogP contribution in [0.2, 0.25) is 5.02 Å². The fourth-order valence-electron chi connectivity index (χ4n) is 1.96. The van der Waals surface area contributed by atoms with E-state index in [2.05, 4.69) is 10.3 Å². The number of guanidine groups is 1. The van der Waals surface area contributed by atoms with Crippen molar-refractivity contribution < 1.29 is 9.47 Å². The van der Waals surface area contributed by atoms with Crippen molar-refractivity contribution in [2.45, 2.75) is 26.3 Å². The maximum Gasteiger partial charge on any atom is 0.188 e. The topological polar surface area (TPSA) is 68.9 Å². The van der Waals surface area contributed by atoms with E-state index in [-0.39, 0.29) is 30.0 Å². The number of nitrogens with one attached hydrogen (secondary N) is 1. The summed E-state index contributed by atoms with van der Waals surface area (Å²) < 4.78 is 11.0. The molecule has 0 radical (unpaired) electrons. The lowest BCUT2D eigenvalue weighted by atomic mass is 10.1. The standard InChI is InChI=1S/C14H20ClN3O2.HI/c1-9(2)18-14(16)17-4-3-10-7-11(15)13-12(8-10)19-5-6-20-13;/h7-9H,3-6H2,1-2H3,(H3,16,17,18);1H. The highest BCUT2D eigenvalue weighted by molar-refractivity contribution is 14.0. The zero-order valence-corrected chi connectivity index (χ0v) is 15.3. The van der Waals surface area contributed by atoms with E-state index in [0.717, 1.165) is 12.0 Å². The van der Waals surface area contributed by atoms with Crippen LogP contribution in [0.15, 0.2) is 17.1 Å². The summed E-state index contributed by atoms with van der Waals surface area (Å²) in [7, 11) is 0. The zero-order chi connectivity index (χ0) is 14.5. The van der Waals surface area contributed by atoms with E-state index in [0.29, 0.717) is 42.2 Å². The van der Waals surface area contributed by atoms with Crippen molar-refractivity contribution >= 4 is 41.5 Å². The predicted molar refractivity (Wildman–Crippen MR) is 96.3 cm³/mol. The molecule has 1 aromatic rings. The van der Waals surface area contributed by atoms with Gasteiger partial charge in [0.05, 0.1) is 5.02 Å². The van der Waals surface area contributed by atoms with Gasteiger partial charge in [0.15, 0.2) is 17.5 Å². The number of fused-ring (bicyclic) bond motifs is 1. The van der Waals surface area contributed by atoms with Crippen LogP contribution < -0.4 is 20.5 Å². The first kappa shape index (κ1) is 18.2. The summed E-state index contributed by atoms with van der Waals surface area (Å²) in [4.78, 5) is 4.27. The molecule has 0 spiro atoms. The summed E-state index contributed by atoms with van der Waals surface area (Å²) in [6, 6.07) is 4.11. The number of aliphatic imine (C=N–C) groups is 1. The second-order valence-corrected chi connectivity index (χ2v) is 5.33. The molecule has 7 heteroatoms. The Kier molecular flexibility index (Phi) is 7.37. The first-order valence-corrected chi connectivity index (χ1v) is 7.08. The summed E-state index contributed by atoms with van der Waals surface area (Å²) in [6.07, 6.45) is 0.747. The van der Waals surface area contributed by atoms with Gasteiger partial charge in [-0.2, -0.15) is 0 Å². The molecule has 0 aliphatic carbocycles. The van der Waals surface area contributed by atoms with Crippen molar-refractivity contribution in [2.24, 2.45) is 10.7 Å². The fraction of sp³-hybridized carbons (Fsp3) is 0.500. The van der Waals surface area contributed by atoms with Crippen LogP contribution in [0.25, 0.3) is 0 Å². The Morgan fingerprint density at radius 2 is 2.10 bits per heavy atom. The van der Waals surface area contributed by atoms with Gasteiger partial charge in [0.25, 0.3) is 0 Å². The van der Waals surface area contributed by atoms with Gasteiger partial charge in [-0.3, -0.25) is 4.99 Å². The molecule has 0 saturated carbocycles. The average molecular weight is 426 g/mol. The van der Waals surface area contributed by atoms with E-state index in [9.17, 15) is 0 Å². The van der Waals surface area contributed by atoms with Crippen molar-refractivity contribution in [3.05, 3.63) is 22.7 Å². The molecule has 5 nitrogen and oxygen atoms in total. The zero-order valence-electron chi connectivity index (χ0n) is 12.2. The van der Waals surface area contributed by atoms with Crippen LogP contribution in [0.1, 0.15) is 19.4 Å². The lowest BCUT2D eigenvalue weighted by Crippen LogP contribution is -2.36. The highest BCUT2D eigenvalue weighted by atomic mass is 127. The molecule has 1 aliphatic heterocycles. The first-order valence-electron chi connectivity index (χ1n) is 6.70. The maximum atomic E-state index is 6.18. The third kappa shape index (κ3) is 5.43. The normalized spacial score (nSPS) is 13.8. The number of ether oxygens (including phenoxy) is 2. The maximum absolute atomic E-state index is 6.18. The summed E-state index contributed by atoms with van der Waals surface area (Å²) in [6.45, 7) is 5.72. The van der Waals surface area contributed by atoms with Crippen LogP contribution >= 0.6 is 35.6 Å². The quantitative estimate of drug-likeness (QED) is 0.442. The Morgan fingerprint density at radius 1 is 1.38 bits per heavy atom. The molecule has 21 heavy (non-hydrogen) atoms. The fourth-order valence-corrected chi connectivity index (χ4v) is 2.24. The lowest BCUT2D eigenvalue weighted by molar-refractivity contribution is 0.171. The highest BCUT2D eigenvalue weighted by Crippen LogP contribution is 2.38. The summed E-state index contributed by atoms with van der Waals surface area (Å²) in [5.74, 6) is 1.80. The van der Waals surface area contributed by atoms with Gasteiger partial charge in [0.1, 0.15) is 13.2 Å². The Bertz CT molecular complexity index is 509. The molecule has 0 amide bonds. The van der Waals surface area contributed by atoms with Gasteiger partial charge < -0.3 is 20.5 Å². The minimum absolute atomic E-state index is 0. The Morgan fingerprint density at radius 3 is 2.81 bits per heavy atom. The molecular formula is C14H21ClIN3O2. The third-order valence-electron chi connectivity index (χ3n) is 2.78. The number of nitrogens with zero attached hydrogens (tertiary/aromatic N) is 1. The van der Waals surface area contributed by atoms with Gasteiger partial charge in [0, 0.05) is 12.6 Å². The Balaban J connectivity index is 0.00000220. The van der Waals surface area contributed by atoms with Crippen LogP contribution in [-0.4, -0.2) is 31.8 Å². The van der Waals surface area contributed by atoms with Gasteiger partial charge in [-0.15, -0.1) is 24.0 Å². The lowest BCUT2D eigenvalue weighted by Gasteiger charge is -2.20. The Labute approximate surface area is 147 Å². The van der Waals surface area contributed by atoms with Gasteiger partial charge >= 0.3 is 0 Å². The summed E-state index contributed by atoms with van der Waals surface area (Å²) in [5, 5.41) is 3.63. The predicted octanol–water partition coefficient (Wildman–Crippen LogP) is 2.58. The van der Waals surface area contributed by atoms with Crippen molar-refractivity contribution in [3.63, 3.8) is 0 Å². The van der Waals surface area contributed by atoms with Crippen molar-refractivity contribution in [1.29, 1.82) is 0 Å². The highest BCUT2D eigenvalue weighted by Gasteiger charge is 2.16. The number of rotatable bonds is 4. The summed E-state index contributed by atoms with van der Waals surface area (Å²) >= 11 is 6.18. The molecule has 2 rings (SSSR count). The molecule has 1 heterocycles. The molecule has 0 atom stereocenters. The van der Waals surface area contributed by atoms with Crippen molar-refractivity contribution in [2.75, 3.05) is 19.8 Å². The molecule has 0 bridgehead atoms. The number of benzene rings is 1. The molecule has 0 aromatic heterocycles. The van der Waals surface area contributed by atoms with E-state index in [1.807, 2.05) is 26.0 Å². The van der Waals surface area contributed by atoms with E-state index in [1.165, 1.54) is 0 Å². The second kappa shape index (κ2) is 8.53. The van der Waals surface area contributed by atoms with Crippen molar-refractivity contribution in [1.82, 2.24) is 5.32 Å². The van der Waals surface area contributed by atoms with Crippen LogP contribution in [0.5, 0.6) is 11.5 Å². The molecule has 1 aliphatic rings. The van der Waals surface area contributed by atoms with E-state index in [4.69, 9.17) is 26.8 Å². The van der Waals surface area contributed by atoms with Crippen molar-refractivity contribution in [3.8, 4) is 11.5 Å². The van der Waals surface area contributed by atoms with Crippen LogP contribution in [0, 0.1) is 0 Å². The van der Waals surface area contributed by atoms with E-state index < -0.39 is 0 Å². The van der Waals surface area contributed by atoms with Crippen LogP contribution in [0.4, 0.5) is 0 Å². The number of hydrogen-bond acceptors (Lipinski definition) is 3. The molecule has 1 aromatic carbocycles. The first-order chi connectivity index (χ1) is 9.56. The van der Waals surface area contributed by atoms with Crippen LogP contribution in [-0.2, 0) is 6.42 Å². The minimum atomic E-state index is 0. The molecular weight excluding hydrogens is 405 g/mol. The van der Waals surface area contributed by atoms with Gasteiger partial charge in [0.2, 0.25) is 0 Å².